The molecule has 5 nitrogen and oxygen atoms in total. The maximum absolute atomic E-state index is 12.6. The van der Waals surface area contributed by atoms with E-state index in [9.17, 15) is 9.90 Å². The van der Waals surface area contributed by atoms with Crippen molar-refractivity contribution in [2.24, 2.45) is 0 Å². The van der Waals surface area contributed by atoms with Crippen LogP contribution in [-0.4, -0.2) is 53.3 Å². The Kier molecular flexibility index (Phi) is 3.69. The molecule has 2 aromatic rings. The Bertz CT molecular complexity index is 644. The minimum Gasteiger partial charge on any atom is -0.388 e. The second kappa shape index (κ2) is 5.50. The van der Waals surface area contributed by atoms with Crippen LogP contribution in [0.2, 0.25) is 0 Å². The molecule has 2 N–H and O–H groups in total. The van der Waals surface area contributed by atoms with Crippen LogP contribution in [0.4, 0.5) is 0 Å². The number of hydrogen-bond donors (Lipinski definition) is 2. The summed E-state index contributed by atoms with van der Waals surface area (Å²) in [5.41, 5.74) is 0.635. The number of carbonyl (C=O) groups excluding carboxylic acids is 1. The van der Waals surface area contributed by atoms with Crippen molar-refractivity contribution < 1.29 is 14.6 Å². The number of aliphatic hydroxyl groups is 1. The Morgan fingerprint density at radius 3 is 2.90 bits per heavy atom. The van der Waals surface area contributed by atoms with E-state index in [1.807, 2.05) is 30.5 Å². The van der Waals surface area contributed by atoms with Gasteiger partial charge in [-0.25, -0.2) is 0 Å². The van der Waals surface area contributed by atoms with Crippen molar-refractivity contribution in [3.8, 4) is 0 Å². The zero-order valence-electron chi connectivity index (χ0n) is 12.1. The molecule has 2 heterocycles. The number of likely N-dealkylation sites (N-methyl/N-ethyl adjacent to an activating group) is 1. The van der Waals surface area contributed by atoms with E-state index in [0.717, 1.165) is 10.9 Å². The van der Waals surface area contributed by atoms with Gasteiger partial charge in [0.05, 0.1) is 16.7 Å². The van der Waals surface area contributed by atoms with Gasteiger partial charge in [-0.3, -0.25) is 4.79 Å². The average Bonchev–Trinajstić information content (AvgIpc) is 2.95. The van der Waals surface area contributed by atoms with Gasteiger partial charge in [-0.1, -0.05) is 12.1 Å². The third kappa shape index (κ3) is 2.80. The number of fused-ring (bicyclic) bond motifs is 1. The van der Waals surface area contributed by atoms with Crippen LogP contribution in [0.1, 0.15) is 23.2 Å². The van der Waals surface area contributed by atoms with Gasteiger partial charge in [0.25, 0.3) is 5.91 Å². The van der Waals surface area contributed by atoms with Crippen molar-refractivity contribution in [3.05, 3.63) is 36.0 Å². The maximum atomic E-state index is 12.6. The molecule has 21 heavy (non-hydrogen) atoms. The molecule has 112 valence electrons. The first-order valence-corrected chi connectivity index (χ1v) is 7.21. The molecular formula is C16H20N2O3. The van der Waals surface area contributed by atoms with Crippen LogP contribution in [0.25, 0.3) is 10.9 Å². The van der Waals surface area contributed by atoms with Crippen LogP contribution in [0, 0.1) is 0 Å². The molecule has 0 bridgehead atoms. The molecule has 3 rings (SSSR count). The average molecular weight is 288 g/mol. The lowest BCUT2D eigenvalue weighted by Crippen LogP contribution is -2.47. The Morgan fingerprint density at radius 2 is 2.14 bits per heavy atom. The smallest absolute Gasteiger partial charge is 0.255 e. The summed E-state index contributed by atoms with van der Waals surface area (Å²) in [7, 11) is 1.73. The highest BCUT2D eigenvalue weighted by Crippen LogP contribution is 2.23. The van der Waals surface area contributed by atoms with Crippen molar-refractivity contribution in [1.29, 1.82) is 0 Å². The van der Waals surface area contributed by atoms with E-state index in [1.165, 1.54) is 0 Å². The number of aromatic amines is 1. The number of benzene rings is 1. The predicted molar refractivity (Wildman–Crippen MR) is 80.3 cm³/mol. The highest BCUT2D eigenvalue weighted by molar-refractivity contribution is 6.05. The quantitative estimate of drug-likeness (QED) is 0.905. The predicted octanol–water partition coefficient (Wildman–Crippen LogP) is 1.78. The number of nitrogens with one attached hydrogen (secondary N) is 1. The van der Waals surface area contributed by atoms with Gasteiger partial charge >= 0.3 is 0 Å². The van der Waals surface area contributed by atoms with Crippen molar-refractivity contribution in [2.75, 3.05) is 26.8 Å². The van der Waals surface area contributed by atoms with E-state index in [1.54, 1.807) is 11.9 Å². The summed E-state index contributed by atoms with van der Waals surface area (Å²) in [6.07, 6.45) is 2.96. The Balaban J connectivity index is 1.79. The molecule has 1 aliphatic rings. The number of H-pyrrole nitrogens is 1. The molecule has 0 unspecified atom stereocenters. The summed E-state index contributed by atoms with van der Waals surface area (Å²) in [4.78, 5) is 17.3. The molecule has 0 aliphatic carbocycles. The third-order valence-electron chi connectivity index (χ3n) is 4.12. The summed E-state index contributed by atoms with van der Waals surface area (Å²) in [6.45, 7) is 1.42. The van der Waals surface area contributed by atoms with Crippen LogP contribution >= 0.6 is 0 Å². The monoisotopic (exact) mass is 288 g/mol. The number of rotatable bonds is 3. The number of aromatic nitrogens is 1. The topological polar surface area (TPSA) is 65.6 Å². The minimum atomic E-state index is -0.841. The van der Waals surface area contributed by atoms with Gasteiger partial charge in [0, 0.05) is 51.2 Å². The first-order valence-electron chi connectivity index (χ1n) is 7.21. The molecule has 1 saturated heterocycles. The summed E-state index contributed by atoms with van der Waals surface area (Å²) in [6, 6.07) is 7.60. The standard InChI is InChI=1S/C16H20N2O3/c1-18(11-16(20)6-9-21-10-7-16)15(19)13-4-2-3-12-5-8-17-14(12)13/h2-5,8,17,20H,6-7,9-11H2,1H3. The van der Waals surface area contributed by atoms with E-state index in [2.05, 4.69) is 4.98 Å². The number of ether oxygens (including phenoxy) is 1. The zero-order chi connectivity index (χ0) is 14.9. The lowest BCUT2D eigenvalue weighted by molar-refractivity contribution is -0.0734. The van der Waals surface area contributed by atoms with Gasteiger partial charge in [-0.2, -0.15) is 0 Å². The van der Waals surface area contributed by atoms with Crippen LogP contribution in [0.5, 0.6) is 0 Å². The van der Waals surface area contributed by atoms with Crippen molar-refractivity contribution in [2.45, 2.75) is 18.4 Å². The number of amides is 1. The lowest BCUT2D eigenvalue weighted by Gasteiger charge is -2.35. The number of hydrogen-bond acceptors (Lipinski definition) is 3. The van der Waals surface area contributed by atoms with Crippen molar-refractivity contribution in [1.82, 2.24) is 9.88 Å². The largest absolute Gasteiger partial charge is 0.388 e. The molecule has 1 aliphatic heterocycles. The Morgan fingerprint density at radius 1 is 1.38 bits per heavy atom. The molecule has 0 atom stereocenters. The van der Waals surface area contributed by atoms with E-state index >= 15 is 0 Å². The number of carbonyl (C=O) groups is 1. The molecule has 1 fully saturated rings. The summed E-state index contributed by atoms with van der Waals surface area (Å²) >= 11 is 0. The molecule has 0 saturated carbocycles. The highest BCUT2D eigenvalue weighted by Gasteiger charge is 2.32. The van der Waals surface area contributed by atoms with Crippen LogP contribution in [0.15, 0.2) is 30.5 Å². The molecule has 5 heteroatoms. The van der Waals surface area contributed by atoms with Crippen LogP contribution in [0.3, 0.4) is 0 Å². The van der Waals surface area contributed by atoms with E-state index < -0.39 is 5.60 Å². The van der Waals surface area contributed by atoms with Crippen molar-refractivity contribution >= 4 is 16.8 Å². The van der Waals surface area contributed by atoms with Crippen molar-refractivity contribution in [3.63, 3.8) is 0 Å². The van der Waals surface area contributed by atoms with Gasteiger partial charge in [0.2, 0.25) is 0 Å². The summed E-state index contributed by atoms with van der Waals surface area (Å²) in [5.74, 6) is -0.0806. The van der Waals surface area contributed by atoms with E-state index in [-0.39, 0.29) is 5.91 Å². The molecule has 1 aromatic carbocycles. The fraction of sp³-hybridized carbons (Fsp3) is 0.438. The van der Waals surface area contributed by atoms with Gasteiger partial charge in [0.15, 0.2) is 0 Å². The lowest BCUT2D eigenvalue weighted by atomic mass is 9.93. The normalized spacial score (nSPS) is 17.8. The van der Waals surface area contributed by atoms with Gasteiger partial charge < -0.3 is 19.7 Å². The molecule has 0 radical (unpaired) electrons. The maximum Gasteiger partial charge on any atom is 0.255 e. The summed E-state index contributed by atoms with van der Waals surface area (Å²) in [5, 5.41) is 11.5. The minimum absolute atomic E-state index is 0.0806. The first kappa shape index (κ1) is 14.1. The fourth-order valence-corrected chi connectivity index (χ4v) is 2.89. The van der Waals surface area contributed by atoms with E-state index in [0.29, 0.717) is 38.2 Å². The third-order valence-corrected chi connectivity index (χ3v) is 4.12. The van der Waals surface area contributed by atoms with Gasteiger partial charge in [-0.05, 0) is 12.1 Å². The Hall–Kier alpha value is -1.85. The Labute approximate surface area is 123 Å². The number of nitrogens with zero attached hydrogens (tertiary/aromatic N) is 1. The first-order chi connectivity index (χ1) is 10.1. The second-order valence-electron chi connectivity index (χ2n) is 5.75. The SMILES string of the molecule is CN(CC1(O)CCOCC1)C(=O)c1cccc2cc[nH]c12. The van der Waals surface area contributed by atoms with E-state index in [4.69, 9.17) is 4.74 Å². The van der Waals surface area contributed by atoms with Crippen LogP contribution < -0.4 is 0 Å². The molecule has 1 amide bonds. The van der Waals surface area contributed by atoms with Gasteiger partial charge in [-0.15, -0.1) is 0 Å². The summed E-state index contributed by atoms with van der Waals surface area (Å²) < 4.78 is 5.27. The second-order valence-corrected chi connectivity index (χ2v) is 5.75. The zero-order valence-corrected chi connectivity index (χ0v) is 12.1. The number of para-hydroxylation sites is 1. The fourth-order valence-electron chi connectivity index (χ4n) is 2.89. The molecule has 1 aromatic heterocycles. The van der Waals surface area contributed by atoms with Gasteiger partial charge in [0.1, 0.15) is 0 Å². The van der Waals surface area contributed by atoms with Crippen LogP contribution in [-0.2, 0) is 4.74 Å². The molecular weight excluding hydrogens is 268 g/mol. The highest BCUT2D eigenvalue weighted by atomic mass is 16.5. The molecule has 0 spiro atoms.